The van der Waals surface area contributed by atoms with E-state index in [-0.39, 0.29) is 5.41 Å². The number of nitrogens with zero attached hydrogens (tertiary/aromatic N) is 1. The maximum atomic E-state index is 12.9. The number of halogens is 1. The van der Waals surface area contributed by atoms with Gasteiger partial charge in [0.05, 0.1) is 6.61 Å². The maximum absolute atomic E-state index is 12.9. The summed E-state index contributed by atoms with van der Waals surface area (Å²) in [6.07, 6.45) is 12.3. The number of carbonyl (C=O) groups is 1. The van der Waals surface area contributed by atoms with E-state index in [2.05, 4.69) is 47.7 Å². The van der Waals surface area contributed by atoms with Crippen LogP contribution in [0.3, 0.4) is 0 Å². The third-order valence-corrected chi connectivity index (χ3v) is 12.1. The fourth-order valence-corrected chi connectivity index (χ4v) is 9.45. The molecule has 1 aromatic heterocycles. The topological polar surface area (TPSA) is 92.7 Å². The molecule has 0 amide bonds. The van der Waals surface area contributed by atoms with Crippen molar-refractivity contribution in [2.45, 2.75) is 107 Å². The van der Waals surface area contributed by atoms with Crippen molar-refractivity contribution in [3.63, 3.8) is 0 Å². The standard InChI is InChI=1S/C40H50ClN3O4/c1-26(24-48-36-13-19-43-35-10-3-6-27(2)37(35)36)20-29-21-28-11-12-33(47-25-32-9-5-18-42-32)23-34(28)39(29)14-16-40(17-15-39,38(45)46)44-31-8-4-7-30(41)22-31/h4,7-8,11-13,19,22-23,26-27,29,32,42,44H,3,5-6,9-10,14-18,20-21,24-25H2,1-2H3,(H,45,46)/t26-,27-,29?,32+,39?,40?/m1/s1. The summed E-state index contributed by atoms with van der Waals surface area (Å²) in [6.45, 7) is 6.99. The Labute approximate surface area is 290 Å². The number of ether oxygens (including phenoxy) is 2. The third kappa shape index (κ3) is 6.65. The van der Waals surface area contributed by atoms with Gasteiger partial charge in [-0.2, -0.15) is 0 Å². The number of fused-ring (bicyclic) bond motifs is 3. The van der Waals surface area contributed by atoms with Crippen LogP contribution in [-0.4, -0.2) is 47.4 Å². The van der Waals surface area contributed by atoms with Gasteiger partial charge in [0.15, 0.2) is 0 Å². The minimum absolute atomic E-state index is 0.117. The smallest absolute Gasteiger partial charge is 0.329 e. The van der Waals surface area contributed by atoms with Crippen molar-refractivity contribution < 1.29 is 19.4 Å². The number of aliphatic carboxylic acids is 1. The molecule has 1 saturated carbocycles. The van der Waals surface area contributed by atoms with Crippen LogP contribution in [0.4, 0.5) is 5.69 Å². The molecule has 2 heterocycles. The van der Waals surface area contributed by atoms with Crippen LogP contribution in [0.15, 0.2) is 54.7 Å². The van der Waals surface area contributed by atoms with Crippen molar-refractivity contribution in [1.82, 2.24) is 10.3 Å². The summed E-state index contributed by atoms with van der Waals surface area (Å²) in [5.74, 6) is 2.31. The molecule has 0 bridgehead atoms. The predicted molar refractivity (Wildman–Crippen MR) is 191 cm³/mol. The Morgan fingerprint density at radius 1 is 1.10 bits per heavy atom. The Kier molecular flexibility index (Phi) is 9.63. The van der Waals surface area contributed by atoms with Gasteiger partial charge in [0.1, 0.15) is 23.6 Å². The van der Waals surface area contributed by atoms with E-state index in [0.717, 1.165) is 62.3 Å². The SMILES string of the molecule is C[C@@H](COc1ccnc2c1[C@H](C)CCC2)CC1Cc2ccc(OC[C@@H]3CCCN3)cc2C12CCC(Nc1cccc(Cl)c1)(C(=O)O)CC2. The highest BCUT2D eigenvalue weighted by atomic mass is 35.5. The van der Waals surface area contributed by atoms with Gasteiger partial charge < -0.3 is 25.2 Å². The van der Waals surface area contributed by atoms with E-state index in [1.54, 1.807) is 0 Å². The number of nitrogens with one attached hydrogen (secondary N) is 2. The van der Waals surface area contributed by atoms with Crippen LogP contribution in [0.1, 0.15) is 99.9 Å². The number of carboxylic acids is 1. The molecule has 3 aliphatic carbocycles. The molecular weight excluding hydrogens is 622 g/mol. The second-order valence-corrected chi connectivity index (χ2v) is 15.6. The largest absolute Gasteiger partial charge is 0.493 e. The van der Waals surface area contributed by atoms with E-state index in [9.17, 15) is 9.90 Å². The van der Waals surface area contributed by atoms with Crippen LogP contribution in [0, 0.1) is 11.8 Å². The summed E-state index contributed by atoms with van der Waals surface area (Å²) >= 11 is 6.28. The molecule has 1 aliphatic heterocycles. The minimum Gasteiger partial charge on any atom is -0.493 e. The third-order valence-electron chi connectivity index (χ3n) is 11.9. The van der Waals surface area contributed by atoms with E-state index in [1.165, 1.54) is 41.6 Å². The number of aryl methyl sites for hydroxylation is 1. The van der Waals surface area contributed by atoms with E-state index in [0.29, 0.717) is 54.9 Å². The molecule has 48 heavy (non-hydrogen) atoms. The molecule has 4 aliphatic rings. The second kappa shape index (κ2) is 13.9. The van der Waals surface area contributed by atoms with Gasteiger partial charge in [-0.3, -0.25) is 4.98 Å². The molecule has 2 aromatic carbocycles. The molecule has 4 atom stereocenters. The zero-order valence-electron chi connectivity index (χ0n) is 28.4. The first-order valence-electron chi connectivity index (χ1n) is 18.1. The Hall–Kier alpha value is -3.29. The summed E-state index contributed by atoms with van der Waals surface area (Å²) in [5, 5.41) is 18.2. The zero-order chi connectivity index (χ0) is 33.3. The molecule has 1 spiro atoms. The number of hydrogen-bond donors (Lipinski definition) is 3. The average molecular weight is 672 g/mol. The summed E-state index contributed by atoms with van der Waals surface area (Å²) in [7, 11) is 0. The molecule has 7 nitrogen and oxygen atoms in total. The molecule has 1 saturated heterocycles. The molecule has 2 fully saturated rings. The molecule has 1 unspecified atom stereocenters. The maximum Gasteiger partial charge on any atom is 0.329 e. The number of pyridine rings is 1. The quantitative estimate of drug-likeness (QED) is 0.189. The van der Waals surface area contributed by atoms with Gasteiger partial charge >= 0.3 is 5.97 Å². The minimum atomic E-state index is -1.04. The van der Waals surface area contributed by atoms with E-state index < -0.39 is 11.5 Å². The number of anilines is 1. The monoisotopic (exact) mass is 671 g/mol. The van der Waals surface area contributed by atoms with Crippen LogP contribution in [0.25, 0.3) is 0 Å². The predicted octanol–water partition coefficient (Wildman–Crippen LogP) is 8.33. The van der Waals surface area contributed by atoms with Crippen molar-refractivity contribution >= 4 is 23.3 Å². The highest BCUT2D eigenvalue weighted by Crippen LogP contribution is 2.57. The van der Waals surface area contributed by atoms with Crippen molar-refractivity contribution in [2.24, 2.45) is 11.8 Å². The Morgan fingerprint density at radius 2 is 1.96 bits per heavy atom. The number of aromatic nitrogens is 1. The van der Waals surface area contributed by atoms with Crippen LogP contribution >= 0.6 is 11.6 Å². The lowest BCUT2D eigenvalue weighted by atomic mass is 9.59. The summed E-state index contributed by atoms with van der Waals surface area (Å²) in [5.41, 5.74) is 4.81. The molecule has 8 heteroatoms. The molecule has 0 radical (unpaired) electrons. The van der Waals surface area contributed by atoms with Crippen LogP contribution in [0.2, 0.25) is 5.02 Å². The molecule has 3 N–H and O–H groups in total. The first kappa shape index (κ1) is 33.2. The second-order valence-electron chi connectivity index (χ2n) is 15.1. The van der Waals surface area contributed by atoms with Crippen LogP contribution in [0.5, 0.6) is 11.5 Å². The molecule has 256 valence electrons. The van der Waals surface area contributed by atoms with Gasteiger partial charge in [-0.15, -0.1) is 0 Å². The molecular formula is C40H50ClN3O4. The van der Waals surface area contributed by atoms with E-state index >= 15 is 0 Å². The first-order chi connectivity index (χ1) is 23.2. The lowest BCUT2D eigenvalue weighted by molar-refractivity contribution is -0.144. The highest BCUT2D eigenvalue weighted by molar-refractivity contribution is 6.30. The van der Waals surface area contributed by atoms with Gasteiger partial charge in [0.2, 0.25) is 0 Å². The fraction of sp³-hybridized carbons (Fsp3) is 0.550. The number of hydrogen-bond acceptors (Lipinski definition) is 6. The Morgan fingerprint density at radius 3 is 2.73 bits per heavy atom. The Balaban J connectivity index is 1.12. The molecule has 3 aromatic rings. The van der Waals surface area contributed by atoms with Gasteiger partial charge in [0.25, 0.3) is 0 Å². The zero-order valence-corrected chi connectivity index (χ0v) is 29.2. The first-order valence-corrected chi connectivity index (χ1v) is 18.5. The van der Waals surface area contributed by atoms with Gasteiger partial charge in [0, 0.05) is 34.2 Å². The van der Waals surface area contributed by atoms with Gasteiger partial charge in [-0.1, -0.05) is 37.6 Å². The number of benzene rings is 2. The highest BCUT2D eigenvalue weighted by Gasteiger charge is 2.54. The van der Waals surface area contributed by atoms with Crippen molar-refractivity contribution in [3.05, 3.63) is 82.1 Å². The lowest BCUT2D eigenvalue weighted by Gasteiger charge is -2.47. The molecule has 7 rings (SSSR count). The van der Waals surface area contributed by atoms with Gasteiger partial charge in [-0.25, -0.2) is 4.79 Å². The van der Waals surface area contributed by atoms with Crippen LogP contribution in [-0.2, 0) is 23.1 Å². The van der Waals surface area contributed by atoms with Crippen molar-refractivity contribution in [3.8, 4) is 11.5 Å². The average Bonchev–Trinajstić information content (AvgIpc) is 3.70. The summed E-state index contributed by atoms with van der Waals surface area (Å²) in [4.78, 5) is 17.6. The van der Waals surface area contributed by atoms with Crippen molar-refractivity contribution in [2.75, 3.05) is 25.1 Å². The summed E-state index contributed by atoms with van der Waals surface area (Å²) < 4.78 is 12.9. The number of rotatable bonds is 11. The van der Waals surface area contributed by atoms with E-state index in [1.807, 2.05) is 36.5 Å². The van der Waals surface area contributed by atoms with Crippen molar-refractivity contribution in [1.29, 1.82) is 0 Å². The summed E-state index contributed by atoms with van der Waals surface area (Å²) in [6, 6.07) is 16.5. The Bertz CT molecular complexity index is 1610. The lowest BCUT2D eigenvalue weighted by Crippen LogP contribution is -2.53. The van der Waals surface area contributed by atoms with Crippen LogP contribution < -0.4 is 20.1 Å². The normalized spacial score (nSPS) is 28.4. The van der Waals surface area contributed by atoms with E-state index in [4.69, 9.17) is 21.1 Å². The fourth-order valence-electron chi connectivity index (χ4n) is 9.26. The van der Waals surface area contributed by atoms with Gasteiger partial charge in [-0.05, 0) is 148 Å². The number of carboxylic acid groups (broad SMARTS) is 1.